The molecule has 0 spiro atoms. The molecule has 0 amide bonds. The third-order valence-electron chi connectivity index (χ3n) is 2.90. The van der Waals surface area contributed by atoms with E-state index >= 15 is 0 Å². The number of hydrogen-bond donors (Lipinski definition) is 3. The van der Waals surface area contributed by atoms with E-state index in [0.29, 0.717) is 6.54 Å². The molecule has 0 heterocycles. The lowest BCUT2D eigenvalue weighted by molar-refractivity contribution is 0.0411. The highest BCUT2D eigenvalue weighted by Gasteiger charge is 2.30. The zero-order valence-electron chi connectivity index (χ0n) is 9.34. The minimum atomic E-state index is -0.606. The lowest BCUT2D eigenvalue weighted by Gasteiger charge is -2.24. The average molecular weight is 201 g/mol. The molecule has 0 aromatic carbocycles. The van der Waals surface area contributed by atoms with Gasteiger partial charge in [0.05, 0.1) is 11.2 Å². The van der Waals surface area contributed by atoms with Crippen LogP contribution in [0.4, 0.5) is 0 Å². The Hall–Kier alpha value is -0.120. The zero-order chi connectivity index (χ0) is 10.7. The second-order valence-corrected chi connectivity index (χ2v) is 5.17. The molecule has 0 aliphatic heterocycles. The van der Waals surface area contributed by atoms with Crippen molar-refractivity contribution in [1.29, 1.82) is 0 Å². The summed E-state index contributed by atoms with van der Waals surface area (Å²) in [6.07, 6.45) is 4.85. The molecule has 0 atom stereocenters. The maximum atomic E-state index is 10.00. The molecular weight excluding hydrogens is 178 g/mol. The molecule has 3 N–H and O–H groups in total. The summed E-state index contributed by atoms with van der Waals surface area (Å²) in [6.45, 7) is 5.05. The molecule has 84 valence electrons. The molecular formula is C11H23NO2. The molecule has 1 fully saturated rings. The van der Waals surface area contributed by atoms with Crippen molar-refractivity contribution in [3.8, 4) is 0 Å². The Bertz CT molecular complexity index is 169. The molecule has 1 rings (SSSR count). The molecule has 0 aromatic rings. The van der Waals surface area contributed by atoms with E-state index in [4.69, 9.17) is 0 Å². The molecule has 3 nitrogen and oxygen atoms in total. The van der Waals surface area contributed by atoms with Crippen molar-refractivity contribution in [3.05, 3.63) is 0 Å². The predicted molar refractivity (Wildman–Crippen MR) is 57.2 cm³/mol. The van der Waals surface area contributed by atoms with E-state index in [0.717, 1.165) is 38.6 Å². The molecule has 0 radical (unpaired) electrons. The second kappa shape index (κ2) is 4.60. The molecule has 0 saturated heterocycles. The van der Waals surface area contributed by atoms with Gasteiger partial charge in [0.25, 0.3) is 0 Å². The SMILES string of the molecule is CC(C)(O)CCNCC1(O)CCCC1. The van der Waals surface area contributed by atoms with Gasteiger partial charge in [-0.05, 0) is 39.7 Å². The quantitative estimate of drug-likeness (QED) is 0.583. The first-order valence-electron chi connectivity index (χ1n) is 5.57. The van der Waals surface area contributed by atoms with Crippen LogP contribution in [-0.2, 0) is 0 Å². The molecule has 3 heteroatoms. The number of nitrogens with one attached hydrogen (secondary N) is 1. The summed E-state index contributed by atoms with van der Waals surface area (Å²) in [5, 5.41) is 22.7. The van der Waals surface area contributed by atoms with Crippen LogP contribution < -0.4 is 5.32 Å². The van der Waals surface area contributed by atoms with Gasteiger partial charge in [0.15, 0.2) is 0 Å². The first-order chi connectivity index (χ1) is 6.41. The van der Waals surface area contributed by atoms with Gasteiger partial charge in [-0.25, -0.2) is 0 Å². The van der Waals surface area contributed by atoms with Crippen molar-refractivity contribution in [1.82, 2.24) is 5.32 Å². The van der Waals surface area contributed by atoms with E-state index in [1.54, 1.807) is 13.8 Å². The number of aliphatic hydroxyl groups is 2. The van der Waals surface area contributed by atoms with Crippen LogP contribution in [0.3, 0.4) is 0 Å². The minimum Gasteiger partial charge on any atom is -0.390 e. The Morgan fingerprint density at radius 2 is 1.86 bits per heavy atom. The Balaban J connectivity index is 2.09. The topological polar surface area (TPSA) is 52.5 Å². The number of rotatable bonds is 5. The van der Waals surface area contributed by atoms with Crippen LogP contribution in [-0.4, -0.2) is 34.5 Å². The summed E-state index contributed by atoms with van der Waals surface area (Å²) >= 11 is 0. The van der Waals surface area contributed by atoms with Crippen molar-refractivity contribution < 1.29 is 10.2 Å². The van der Waals surface area contributed by atoms with E-state index in [2.05, 4.69) is 5.32 Å². The summed E-state index contributed by atoms with van der Waals surface area (Å²) in [5.74, 6) is 0. The van der Waals surface area contributed by atoms with Gasteiger partial charge in [-0.15, -0.1) is 0 Å². The van der Waals surface area contributed by atoms with Crippen LogP contribution in [0.5, 0.6) is 0 Å². The van der Waals surface area contributed by atoms with Crippen LogP contribution in [0.2, 0.25) is 0 Å². The Kier molecular flexibility index (Phi) is 3.93. The van der Waals surface area contributed by atoms with Crippen molar-refractivity contribution in [2.75, 3.05) is 13.1 Å². The zero-order valence-corrected chi connectivity index (χ0v) is 9.34. The molecule has 14 heavy (non-hydrogen) atoms. The average Bonchev–Trinajstić information content (AvgIpc) is 2.45. The fourth-order valence-corrected chi connectivity index (χ4v) is 1.93. The second-order valence-electron chi connectivity index (χ2n) is 5.17. The predicted octanol–water partition coefficient (Wildman–Crippen LogP) is 1.04. The van der Waals surface area contributed by atoms with Crippen molar-refractivity contribution in [2.24, 2.45) is 0 Å². The highest BCUT2D eigenvalue weighted by Crippen LogP contribution is 2.28. The first-order valence-corrected chi connectivity index (χ1v) is 5.57. The van der Waals surface area contributed by atoms with Gasteiger partial charge in [0.2, 0.25) is 0 Å². The molecule has 1 aliphatic rings. The van der Waals surface area contributed by atoms with E-state index < -0.39 is 11.2 Å². The van der Waals surface area contributed by atoms with E-state index in [9.17, 15) is 10.2 Å². The fraction of sp³-hybridized carbons (Fsp3) is 1.00. The minimum absolute atomic E-state index is 0.473. The molecule has 0 aromatic heterocycles. The lowest BCUT2D eigenvalue weighted by atomic mass is 10.0. The Morgan fingerprint density at radius 1 is 1.29 bits per heavy atom. The summed E-state index contributed by atoms with van der Waals surface area (Å²) in [5.41, 5.74) is -1.08. The van der Waals surface area contributed by atoms with Gasteiger partial charge in [-0.2, -0.15) is 0 Å². The van der Waals surface area contributed by atoms with Gasteiger partial charge in [0.1, 0.15) is 0 Å². The fourth-order valence-electron chi connectivity index (χ4n) is 1.93. The summed E-state index contributed by atoms with van der Waals surface area (Å²) in [4.78, 5) is 0. The Labute approximate surface area is 86.5 Å². The molecule has 1 saturated carbocycles. The van der Waals surface area contributed by atoms with Crippen LogP contribution in [0, 0.1) is 0 Å². The Morgan fingerprint density at radius 3 is 2.36 bits per heavy atom. The monoisotopic (exact) mass is 201 g/mol. The van der Waals surface area contributed by atoms with Crippen LogP contribution >= 0.6 is 0 Å². The van der Waals surface area contributed by atoms with E-state index in [1.807, 2.05) is 0 Å². The van der Waals surface area contributed by atoms with Crippen molar-refractivity contribution in [3.63, 3.8) is 0 Å². The van der Waals surface area contributed by atoms with Crippen molar-refractivity contribution >= 4 is 0 Å². The highest BCUT2D eigenvalue weighted by atomic mass is 16.3. The molecule has 1 aliphatic carbocycles. The van der Waals surface area contributed by atoms with E-state index in [1.165, 1.54) is 0 Å². The standard InChI is InChI=1S/C11H23NO2/c1-10(2,13)7-8-12-9-11(14)5-3-4-6-11/h12-14H,3-9H2,1-2H3. The number of hydrogen-bond acceptors (Lipinski definition) is 3. The molecule has 0 unspecified atom stereocenters. The summed E-state index contributed by atoms with van der Waals surface area (Å²) in [7, 11) is 0. The summed E-state index contributed by atoms with van der Waals surface area (Å²) in [6, 6.07) is 0. The third kappa shape index (κ3) is 4.40. The van der Waals surface area contributed by atoms with Gasteiger partial charge in [-0.1, -0.05) is 12.8 Å². The lowest BCUT2D eigenvalue weighted by Crippen LogP contribution is -2.39. The van der Waals surface area contributed by atoms with Gasteiger partial charge < -0.3 is 15.5 Å². The van der Waals surface area contributed by atoms with Crippen molar-refractivity contribution in [2.45, 2.75) is 57.2 Å². The smallest absolute Gasteiger partial charge is 0.0771 e. The van der Waals surface area contributed by atoms with Crippen LogP contribution in [0.25, 0.3) is 0 Å². The largest absolute Gasteiger partial charge is 0.390 e. The summed E-state index contributed by atoms with van der Waals surface area (Å²) < 4.78 is 0. The van der Waals surface area contributed by atoms with Crippen LogP contribution in [0.15, 0.2) is 0 Å². The maximum absolute atomic E-state index is 10.00. The third-order valence-corrected chi connectivity index (χ3v) is 2.90. The van der Waals surface area contributed by atoms with Crippen LogP contribution in [0.1, 0.15) is 46.0 Å². The normalized spacial score (nSPS) is 21.4. The molecule has 0 bridgehead atoms. The maximum Gasteiger partial charge on any atom is 0.0771 e. The van der Waals surface area contributed by atoms with Gasteiger partial charge >= 0.3 is 0 Å². The van der Waals surface area contributed by atoms with Gasteiger partial charge in [-0.3, -0.25) is 0 Å². The first kappa shape index (κ1) is 12.0. The van der Waals surface area contributed by atoms with E-state index in [-0.39, 0.29) is 0 Å². The highest BCUT2D eigenvalue weighted by molar-refractivity contribution is 4.86. The van der Waals surface area contributed by atoms with Gasteiger partial charge in [0, 0.05) is 6.54 Å².